The van der Waals surface area contributed by atoms with Gasteiger partial charge < -0.3 is 5.32 Å². The van der Waals surface area contributed by atoms with Crippen LogP contribution in [-0.4, -0.2) is 47.0 Å². The first kappa shape index (κ1) is 21.7. The summed E-state index contributed by atoms with van der Waals surface area (Å²) in [7, 11) is -2.34. The summed E-state index contributed by atoms with van der Waals surface area (Å²) >= 11 is 0. The minimum absolute atomic E-state index is 0.178. The lowest BCUT2D eigenvalue weighted by atomic mass is 10.1. The van der Waals surface area contributed by atoms with E-state index >= 15 is 0 Å². The Morgan fingerprint density at radius 1 is 1.13 bits per heavy atom. The van der Waals surface area contributed by atoms with Crippen LogP contribution in [0.15, 0.2) is 60.0 Å². The van der Waals surface area contributed by atoms with Crippen molar-refractivity contribution in [3.05, 3.63) is 71.8 Å². The van der Waals surface area contributed by atoms with Crippen molar-refractivity contribution in [3.63, 3.8) is 0 Å². The van der Waals surface area contributed by atoms with Crippen molar-refractivity contribution in [1.29, 1.82) is 0 Å². The van der Waals surface area contributed by atoms with E-state index in [9.17, 15) is 13.2 Å². The lowest BCUT2D eigenvalue weighted by Gasteiger charge is -2.20. The van der Waals surface area contributed by atoms with E-state index in [1.807, 2.05) is 45.0 Å². The molecule has 30 heavy (non-hydrogen) atoms. The zero-order valence-corrected chi connectivity index (χ0v) is 18.2. The first-order chi connectivity index (χ1) is 14.2. The fourth-order valence-corrected chi connectivity index (χ4v) is 4.18. The third-order valence-corrected chi connectivity index (χ3v) is 6.81. The second kappa shape index (κ2) is 8.76. The highest BCUT2D eigenvalue weighted by Gasteiger charge is 2.24. The summed E-state index contributed by atoms with van der Waals surface area (Å²) in [5, 5.41) is 6.92. The number of hydrogen-bond acceptors (Lipinski definition) is 5. The van der Waals surface area contributed by atoms with E-state index in [1.54, 1.807) is 29.2 Å². The standard InChI is InChI=1S/C21H25N5O3S/c1-15-5-10-20(11-16(15)2)30(28,29)25(4)12-21(27)24-17(3)18-6-8-19(9-7-18)26-14-22-13-23-26/h5-11,13-14,17H,12H2,1-4H3,(H,24,27). The molecule has 0 radical (unpaired) electrons. The molecule has 1 heterocycles. The van der Waals surface area contributed by atoms with Gasteiger partial charge in [0.15, 0.2) is 0 Å². The number of benzene rings is 2. The Kier molecular flexibility index (Phi) is 6.33. The number of amides is 1. The van der Waals surface area contributed by atoms with E-state index in [0.717, 1.165) is 26.7 Å². The Morgan fingerprint density at radius 2 is 1.83 bits per heavy atom. The molecule has 1 atom stereocenters. The Morgan fingerprint density at radius 3 is 2.43 bits per heavy atom. The molecule has 158 valence electrons. The normalized spacial score (nSPS) is 12.7. The van der Waals surface area contributed by atoms with Crippen LogP contribution >= 0.6 is 0 Å². The third-order valence-electron chi connectivity index (χ3n) is 5.01. The number of aryl methyl sites for hydroxylation is 2. The molecular weight excluding hydrogens is 402 g/mol. The molecule has 1 N–H and O–H groups in total. The minimum Gasteiger partial charge on any atom is -0.348 e. The maximum atomic E-state index is 12.8. The van der Waals surface area contributed by atoms with Gasteiger partial charge >= 0.3 is 0 Å². The van der Waals surface area contributed by atoms with E-state index in [1.165, 1.54) is 13.4 Å². The van der Waals surface area contributed by atoms with Gasteiger partial charge in [-0.05, 0) is 61.7 Å². The third kappa shape index (κ3) is 4.74. The van der Waals surface area contributed by atoms with Crippen molar-refractivity contribution in [2.24, 2.45) is 0 Å². The monoisotopic (exact) mass is 427 g/mol. The van der Waals surface area contributed by atoms with Gasteiger partial charge in [-0.2, -0.15) is 9.40 Å². The molecular formula is C21H25N5O3S. The minimum atomic E-state index is -3.75. The van der Waals surface area contributed by atoms with E-state index in [0.29, 0.717) is 0 Å². The molecule has 0 aliphatic heterocycles. The van der Waals surface area contributed by atoms with Crippen LogP contribution in [0.1, 0.15) is 29.7 Å². The summed E-state index contributed by atoms with van der Waals surface area (Å²) in [6.07, 6.45) is 3.06. The summed E-state index contributed by atoms with van der Waals surface area (Å²) in [6, 6.07) is 12.2. The van der Waals surface area contributed by atoms with Crippen molar-refractivity contribution in [2.45, 2.75) is 31.7 Å². The fourth-order valence-electron chi connectivity index (χ4n) is 2.97. The van der Waals surface area contributed by atoms with Gasteiger partial charge in [-0.15, -0.1) is 0 Å². The number of nitrogens with zero attached hydrogens (tertiary/aromatic N) is 4. The number of aromatic nitrogens is 3. The van der Waals surface area contributed by atoms with Crippen LogP contribution in [0.2, 0.25) is 0 Å². The molecule has 0 aliphatic carbocycles. The molecule has 1 amide bonds. The van der Waals surface area contributed by atoms with Crippen molar-refractivity contribution >= 4 is 15.9 Å². The van der Waals surface area contributed by atoms with Gasteiger partial charge in [-0.25, -0.2) is 18.1 Å². The van der Waals surface area contributed by atoms with Gasteiger partial charge in [0.05, 0.1) is 23.2 Å². The Balaban J connectivity index is 1.63. The average molecular weight is 428 g/mol. The van der Waals surface area contributed by atoms with Crippen LogP contribution < -0.4 is 5.32 Å². The molecule has 0 spiro atoms. The highest BCUT2D eigenvalue weighted by atomic mass is 32.2. The predicted octanol–water partition coefficient (Wildman–Crippen LogP) is 2.38. The Bertz CT molecular complexity index is 1130. The van der Waals surface area contributed by atoms with Crippen molar-refractivity contribution < 1.29 is 13.2 Å². The number of hydrogen-bond donors (Lipinski definition) is 1. The molecule has 9 heteroatoms. The van der Waals surface area contributed by atoms with Crippen LogP contribution in [-0.2, 0) is 14.8 Å². The fraction of sp³-hybridized carbons (Fsp3) is 0.286. The molecule has 0 saturated heterocycles. The SMILES string of the molecule is Cc1ccc(S(=O)(=O)N(C)CC(=O)NC(C)c2ccc(-n3cncn3)cc2)cc1C. The van der Waals surface area contributed by atoms with Crippen LogP contribution in [0, 0.1) is 13.8 Å². The van der Waals surface area contributed by atoms with Crippen LogP contribution in [0.5, 0.6) is 0 Å². The van der Waals surface area contributed by atoms with E-state index in [-0.39, 0.29) is 23.4 Å². The number of carbonyl (C=O) groups is 1. The van der Waals surface area contributed by atoms with Crippen molar-refractivity contribution in [3.8, 4) is 5.69 Å². The largest absolute Gasteiger partial charge is 0.348 e. The number of likely N-dealkylation sites (N-methyl/N-ethyl adjacent to an activating group) is 1. The maximum absolute atomic E-state index is 12.8. The number of sulfonamides is 1. The van der Waals surface area contributed by atoms with Crippen molar-refractivity contribution in [1.82, 2.24) is 24.4 Å². The smallest absolute Gasteiger partial charge is 0.243 e. The van der Waals surface area contributed by atoms with Crippen molar-refractivity contribution in [2.75, 3.05) is 13.6 Å². The Hall–Kier alpha value is -3.04. The molecule has 0 bridgehead atoms. The molecule has 0 saturated carbocycles. The molecule has 1 aromatic heterocycles. The molecule has 3 rings (SSSR count). The predicted molar refractivity (Wildman–Crippen MR) is 114 cm³/mol. The highest BCUT2D eigenvalue weighted by molar-refractivity contribution is 7.89. The van der Waals surface area contributed by atoms with E-state index < -0.39 is 10.0 Å². The second-order valence-electron chi connectivity index (χ2n) is 7.23. The van der Waals surface area contributed by atoms with Crippen LogP contribution in [0.3, 0.4) is 0 Å². The highest BCUT2D eigenvalue weighted by Crippen LogP contribution is 2.19. The molecule has 1 unspecified atom stereocenters. The molecule has 2 aromatic carbocycles. The summed E-state index contributed by atoms with van der Waals surface area (Å²) < 4.78 is 28.2. The summed E-state index contributed by atoms with van der Waals surface area (Å²) in [5.41, 5.74) is 3.65. The van der Waals surface area contributed by atoms with Gasteiger partial charge in [-0.1, -0.05) is 18.2 Å². The maximum Gasteiger partial charge on any atom is 0.243 e. The van der Waals surface area contributed by atoms with Gasteiger partial charge in [0, 0.05) is 7.05 Å². The lowest BCUT2D eigenvalue weighted by molar-refractivity contribution is -0.121. The average Bonchev–Trinajstić information content (AvgIpc) is 3.24. The zero-order chi connectivity index (χ0) is 21.9. The quantitative estimate of drug-likeness (QED) is 0.624. The number of nitrogens with one attached hydrogen (secondary N) is 1. The summed E-state index contributed by atoms with van der Waals surface area (Å²) in [4.78, 5) is 16.5. The van der Waals surface area contributed by atoms with E-state index in [4.69, 9.17) is 0 Å². The van der Waals surface area contributed by atoms with E-state index in [2.05, 4.69) is 15.4 Å². The summed E-state index contributed by atoms with van der Waals surface area (Å²) in [5.74, 6) is -0.377. The van der Waals surface area contributed by atoms with Crippen LogP contribution in [0.4, 0.5) is 0 Å². The van der Waals surface area contributed by atoms with Gasteiger partial charge in [-0.3, -0.25) is 4.79 Å². The summed E-state index contributed by atoms with van der Waals surface area (Å²) in [6.45, 7) is 5.36. The van der Waals surface area contributed by atoms with Gasteiger partial charge in [0.2, 0.25) is 15.9 Å². The molecule has 8 nitrogen and oxygen atoms in total. The first-order valence-electron chi connectivity index (χ1n) is 9.46. The van der Waals surface area contributed by atoms with Crippen LogP contribution in [0.25, 0.3) is 5.69 Å². The topological polar surface area (TPSA) is 97.2 Å². The number of rotatable bonds is 7. The zero-order valence-electron chi connectivity index (χ0n) is 17.4. The Labute approximate surface area is 176 Å². The van der Waals surface area contributed by atoms with Gasteiger partial charge in [0.25, 0.3) is 0 Å². The second-order valence-corrected chi connectivity index (χ2v) is 9.27. The van der Waals surface area contributed by atoms with Gasteiger partial charge in [0.1, 0.15) is 12.7 Å². The molecule has 0 aliphatic rings. The lowest BCUT2D eigenvalue weighted by Crippen LogP contribution is -2.39. The first-order valence-corrected chi connectivity index (χ1v) is 10.9. The number of carbonyl (C=O) groups excluding carboxylic acids is 1. The molecule has 3 aromatic rings. The molecule has 0 fully saturated rings.